The van der Waals surface area contributed by atoms with Crippen molar-refractivity contribution in [1.29, 1.82) is 0 Å². The summed E-state index contributed by atoms with van der Waals surface area (Å²) in [6.45, 7) is 9.92. The Morgan fingerprint density at radius 2 is 2.00 bits per heavy atom. The standard InChI is InChI=1S/C11H21S/c1-5-7-10(2)8-6-9-11(3)12-4/h1,5,10-11H,6-9H2,2-4H3. The predicted octanol–water partition coefficient (Wildman–Crippen LogP) is 3.92. The van der Waals surface area contributed by atoms with Gasteiger partial charge in [0.1, 0.15) is 0 Å². The molecule has 0 amide bonds. The van der Waals surface area contributed by atoms with Crippen LogP contribution in [0.4, 0.5) is 0 Å². The first-order chi connectivity index (χ1) is 5.70. The second kappa shape index (κ2) is 7.72. The quantitative estimate of drug-likeness (QED) is 0.579. The van der Waals surface area contributed by atoms with Crippen LogP contribution in [0.25, 0.3) is 0 Å². The topological polar surface area (TPSA) is 0 Å². The number of thioether (sulfide) groups is 1. The minimum atomic E-state index is 0.768. The molecule has 0 rings (SSSR count). The van der Waals surface area contributed by atoms with E-state index in [1.807, 2.05) is 11.8 Å². The molecule has 1 heteroatoms. The summed E-state index contributed by atoms with van der Waals surface area (Å²) in [4.78, 5) is 0. The van der Waals surface area contributed by atoms with Crippen molar-refractivity contribution in [2.75, 3.05) is 6.26 Å². The van der Waals surface area contributed by atoms with Crippen LogP contribution in [-0.4, -0.2) is 11.5 Å². The van der Waals surface area contributed by atoms with Crippen molar-refractivity contribution >= 4 is 11.8 Å². The fourth-order valence-corrected chi connectivity index (χ4v) is 1.62. The van der Waals surface area contributed by atoms with Crippen LogP contribution in [0.1, 0.15) is 39.5 Å². The first-order valence-corrected chi connectivity index (χ1v) is 6.05. The number of rotatable bonds is 7. The molecule has 12 heavy (non-hydrogen) atoms. The molecule has 0 aromatic heterocycles. The van der Waals surface area contributed by atoms with Crippen molar-refractivity contribution in [3.8, 4) is 0 Å². The number of hydrogen-bond donors (Lipinski definition) is 0. The van der Waals surface area contributed by atoms with E-state index in [4.69, 9.17) is 6.58 Å². The normalized spacial score (nSPS) is 15.6. The Hall–Kier alpha value is 0.0900. The van der Waals surface area contributed by atoms with Crippen molar-refractivity contribution in [3.63, 3.8) is 0 Å². The van der Waals surface area contributed by atoms with Gasteiger partial charge in [0.15, 0.2) is 0 Å². The lowest BCUT2D eigenvalue weighted by atomic mass is 10.0. The van der Waals surface area contributed by atoms with Crippen LogP contribution < -0.4 is 0 Å². The molecular formula is C11H21S. The molecule has 1 radical (unpaired) electrons. The SMILES string of the molecule is [CH]=CCC(C)CCCC(C)SC. The van der Waals surface area contributed by atoms with Crippen molar-refractivity contribution in [2.24, 2.45) is 5.92 Å². The lowest BCUT2D eigenvalue weighted by Crippen LogP contribution is -1.98. The molecule has 2 atom stereocenters. The largest absolute Gasteiger partial charge is 0.162 e. The Balaban J connectivity index is 3.23. The van der Waals surface area contributed by atoms with Crippen LogP contribution >= 0.6 is 11.8 Å². The fraction of sp³-hybridized carbons (Fsp3) is 0.818. The van der Waals surface area contributed by atoms with Crippen LogP contribution in [0.15, 0.2) is 6.08 Å². The molecule has 0 bridgehead atoms. The summed E-state index contributed by atoms with van der Waals surface area (Å²) in [5, 5.41) is 0.819. The van der Waals surface area contributed by atoms with E-state index in [0.29, 0.717) is 0 Å². The molecule has 0 saturated heterocycles. The van der Waals surface area contributed by atoms with Gasteiger partial charge in [-0.05, 0) is 25.0 Å². The minimum absolute atomic E-state index is 0.768. The molecule has 0 aromatic carbocycles. The van der Waals surface area contributed by atoms with Gasteiger partial charge in [-0.2, -0.15) is 11.8 Å². The van der Waals surface area contributed by atoms with E-state index in [1.54, 1.807) is 6.08 Å². The van der Waals surface area contributed by atoms with Gasteiger partial charge in [-0.3, -0.25) is 0 Å². The average Bonchev–Trinajstić information content (AvgIpc) is 2.04. The zero-order chi connectivity index (χ0) is 9.40. The first kappa shape index (κ1) is 12.1. The zero-order valence-electron chi connectivity index (χ0n) is 8.55. The third-order valence-electron chi connectivity index (χ3n) is 2.25. The number of allylic oxidation sites excluding steroid dienone is 1. The Morgan fingerprint density at radius 3 is 2.50 bits per heavy atom. The van der Waals surface area contributed by atoms with Crippen LogP contribution in [0.5, 0.6) is 0 Å². The van der Waals surface area contributed by atoms with Gasteiger partial charge in [-0.15, -0.1) is 0 Å². The van der Waals surface area contributed by atoms with Crippen molar-refractivity contribution < 1.29 is 0 Å². The molecule has 0 heterocycles. The molecular weight excluding hydrogens is 164 g/mol. The van der Waals surface area contributed by atoms with Gasteiger partial charge >= 0.3 is 0 Å². The second-order valence-electron chi connectivity index (χ2n) is 3.55. The Morgan fingerprint density at radius 1 is 1.33 bits per heavy atom. The summed E-state index contributed by atoms with van der Waals surface area (Å²) in [6.07, 6.45) is 9.03. The van der Waals surface area contributed by atoms with Crippen LogP contribution in [0.2, 0.25) is 0 Å². The summed E-state index contributed by atoms with van der Waals surface area (Å²) in [6, 6.07) is 0. The van der Waals surface area contributed by atoms with E-state index in [2.05, 4.69) is 20.1 Å². The summed E-state index contributed by atoms with van der Waals surface area (Å²) >= 11 is 1.96. The third-order valence-corrected chi connectivity index (χ3v) is 3.29. The molecule has 0 aromatic rings. The summed E-state index contributed by atoms with van der Waals surface area (Å²) < 4.78 is 0. The smallest absolute Gasteiger partial charge is 0.00159 e. The summed E-state index contributed by atoms with van der Waals surface area (Å²) in [5.74, 6) is 0.768. The highest BCUT2D eigenvalue weighted by Gasteiger charge is 2.02. The minimum Gasteiger partial charge on any atom is -0.162 e. The lowest BCUT2D eigenvalue weighted by molar-refractivity contribution is 0.503. The molecule has 0 N–H and O–H groups in total. The molecule has 0 fully saturated rings. The highest BCUT2D eigenvalue weighted by molar-refractivity contribution is 7.99. The maximum absolute atomic E-state index is 5.36. The first-order valence-electron chi connectivity index (χ1n) is 4.76. The van der Waals surface area contributed by atoms with Gasteiger partial charge in [-0.25, -0.2) is 0 Å². The van der Waals surface area contributed by atoms with E-state index >= 15 is 0 Å². The molecule has 0 aliphatic carbocycles. The Bertz CT molecular complexity index is 110. The predicted molar refractivity (Wildman–Crippen MR) is 59.5 cm³/mol. The van der Waals surface area contributed by atoms with Gasteiger partial charge in [0.05, 0.1) is 0 Å². The van der Waals surface area contributed by atoms with Gasteiger partial charge in [0.25, 0.3) is 0 Å². The fourth-order valence-electron chi connectivity index (χ4n) is 1.22. The zero-order valence-corrected chi connectivity index (χ0v) is 9.36. The summed E-state index contributed by atoms with van der Waals surface area (Å²) in [5.41, 5.74) is 0. The average molecular weight is 185 g/mol. The van der Waals surface area contributed by atoms with E-state index in [-0.39, 0.29) is 0 Å². The van der Waals surface area contributed by atoms with Gasteiger partial charge in [0.2, 0.25) is 0 Å². The van der Waals surface area contributed by atoms with Crippen molar-refractivity contribution in [3.05, 3.63) is 12.7 Å². The van der Waals surface area contributed by atoms with E-state index in [1.165, 1.54) is 19.3 Å². The molecule has 71 valence electrons. The van der Waals surface area contributed by atoms with Gasteiger partial charge < -0.3 is 0 Å². The molecule has 0 spiro atoms. The van der Waals surface area contributed by atoms with Gasteiger partial charge in [-0.1, -0.05) is 39.3 Å². The Labute approximate surface area is 81.8 Å². The molecule has 0 aliphatic heterocycles. The maximum Gasteiger partial charge on any atom is 0.00159 e. The highest BCUT2D eigenvalue weighted by atomic mass is 32.2. The second-order valence-corrected chi connectivity index (χ2v) is 4.83. The maximum atomic E-state index is 5.36. The van der Waals surface area contributed by atoms with Crippen molar-refractivity contribution in [1.82, 2.24) is 0 Å². The summed E-state index contributed by atoms with van der Waals surface area (Å²) in [7, 11) is 0. The lowest BCUT2D eigenvalue weighted by Gasteiger charge is -2.10. The molecule has 0 nitrogen and oxygen atoms in total. The third kappa shape index (κ3) is 6.78. The van der Waals surface area contributed by atoms with Crippen LogP contribution in [-0.2, 0) is 0 Å². The highest BCUT2D eigenvalue weighted by Crippen LogP contribution is 2.17. The van der Waals surface area contributed by atoms with E-state index in [0.717, 1.165) is 17.6 Å². The van der Waals surface area contributed by atoms with Crippen molar-refractivity contribution in [2.45, 2.75) is 44.8 Å². The van der Waals surface area contributed by atoms with E-state index in [9.17, 15) is 0 Å². The number of hydrogen-bond acceptors (Lipinski definition) is 1. The molecule has 2 unspecified atom stereocenters. The van der Waals surface area contributed by atoms with Crippen LogP contribution in [0, 0.1) is 12.5 Å². The Kier molecular flexibility index (Phi) is 7.78. The van der Waals surface area contributed by atoms with Gasteiger partial charge in [0, 0.05) is 5.25 Å². The molecule has 0 saturated carbocycles. The van der Waals surface area contributed by atoms with E-state index < -0.39 is 0 Å². The monoisotopic (exact) mass is 185 g/mol. The molecule has 0 aliphatic rings. The van der Waals surface area contributed by atoms with Crippen LogP contribution in [0.3, 0.4) is 0 Å².